The first-order valence-corrected chi connectivity index (χ1v) is 5.72. The van der Waals surface area contributed by atoms with Crippen LogP contribution in [0.5, 0.6) is 0 Å². The van der Waals surface area contributed by atoms with Crippen LogP contribution >= 0.6 is 0 Å². The number of hydrogen-bond donors (Lipinski definition) is 1. The number of likely N-dealkylation sites (tertiary alicyclic amines) is 1. The van der Waals surface area contributed by atoms with Crippen molar-refractivity contribution in [1.82, 2.24) is 4.90 Å². The summed E-state index contributed by atoms with van der Waals surface area (Å²) in [5.74, 6) is 0.757. The molecule has 14 heavy (non-hydrogen) atoms. The van der Waals surface area contributed by atoms with Gasteiger partial charge in [0, 0.05) is 39.2 Å². The Morgan fingerprint density at radius 1 is 1.50 bits per heavy atom. The second kappa shape index (κ2) is 4.17. The molecule has 2 N–H and O–H groups in total. The molecule has 0 aromatic rings. The first-order chi connectivity index (χ1) is 6.80. The molecule has 0 aromatic carbocycles. The standard InChI is InChI=1S/C11H22N2O/c1-14-8-10-7-13(6-5-12)9-11(10)3-2-4-11/h10H,2-9,12H2,1H3. The van der Waals surface area contributed by atoms with Gasteiger partial charge in [-0.05, 0) is 18.3 Å². The fourth-order valence-electron chi connectivity index (χ4n) is 3.13. The van der Waals surface area contributed by atoms with Crippen molar-refractivity contribution in [3.63, 3.8) is 0 Å². The van der Waals surface area contributed by atoms with Gasteiger partial charge in [0.25, 0.3) is 0 Å². The molecule has 2 fully saturated rings. The van der Waals surface area contributed by atoms with E-state index in [0.717, 1.165) is 25.6 Å². The van der Waals surface area contributed by atoms with Gasteiger partial charge in [-0.2, -0.15) is 0 Å². The van der Waals surface area contributed by atoms with Crippen molar-refractivity contribution < 1.29 is 4.74 Å². The fourth-order valence-corrected chi connectivity index (χ4v) is 3.13. The van der Waals surface area contributed by atoms with Crippen LogP contribution in [0.2, 0.25) is 0 Å². The minimum Gasteiger partial charge on any atom is -0.384 e. The molecule has 1 heterocycles. The third-order valence-corrected chi connectivity index (χ3v) is 4.05. The van der Waals surface area contributed by atoms with E-state index in [4.69, 9.17) is 10.5 Å². The van der Waals surface area contributed by atoms with Gasteiger partial charge >= 0.3 is 0 Å². The van der Waals surface area contributed by atoms with Crippen LogP contribution in [0, 0.1) is 11.3 Å². The van der Waals surface area contributed by atoms with Crippen molar-refractivity contribution in [2.45, 2.75) is 19.3 Å². The summed E-state index contributed by atoms with van der Waals surface area (Å²) in [5, 5.41) is 0. The van der Waals surface area contributed by atoms with Crippen molar-refractivity contribution in [2.24, 2.45) is 17.1 Å². The molecule has 2 rings (SSSR count). The summed E-state index contributed by atoms with van der Waals surface area (Å²) in [4.78, 5) is 2.52. The van der Waals surface area contributed by atoms with Gasteiger partial charge in [0.05, 0.1) is 6.61 Å². The molecule has 0 aromatic heterocycles. The molecule has 3 nitrogen and oxygen atoms in total. The fraction of sp³-hybridized carbons (Fsp3) is 1.00. The predicted octanol–water partition coefficient (Wildman–Crippen LogP) is 0.694. The Labute approximate surface area is 86.6 Å². The van der Waals surface area contributed by atoms with Crippen molar-refractivity contribution in [2.75, 3.05) is 39.9 Å². The first kappa shape index (κ1) is 10.4. The van der Waals surface area contributed by atoms with Gasteiger partial charge in [-0.25, -0.2) is 0 Å². The van der Waals surface area contributed by atoms with Crippen molar-refractivity contribution in [3.05, 3.63) is 0 Å². The summed E-state index contributed by atoms with van der Waals surface area (Å²) in [6.07, 6.45) is 4.22. The quantitative estimate of drug-likeness (QED) is 0.722. The summed E-state index contributed by atoms with van der Waals surface area (Å²) < 4.78 is 5.33. The molecular formula is C11H22N2O. The Kier molecular flexibility index (Phi) is 3.10. The minimum atomic E-state index is 0.602. The largest absolute Gasteiger partial charge is 0.384 e. The second-order valence-corrected chi connectivity index (χ2v) is 4.89. The van der Waals surface area contributed by atoms with E-state index in [9.17, 15) is 0 Å². The zero-order chi connectivity index (χ0) is 10.0. The van der Waals surface area contributed by atoms with E-state index < -0.39 is 0 Å². The number of ether oxygens (including phenoxy) is 1. The lowest BCUT2D eigenvalue weighted by Crippen LogP contribution is -2.39. The molecular weight excluding hydrogens is 176 g/mol. The molecule has 1 aliphatic heterocycles. The Morgan fingerprint density at radius 3 is 2.79 bits per heavy atom. The molecule has 1 saturated carbocycles. The summed E-state index contributed by atoms with van der Waals surface area (Å²) in [5.41, 5.74) is 6.21. The number of methoxy groups -OCH3 is 1. The third-order valence-electron chi connectivity index (χ3n) is 4.05. The average molecular weight is 198 g/mol. The van der Waals surface area contributed by atoms with Crippen molar-refractivity contribution >= 4 is 0 Å². The molecule has 2 aliphatic rings. The summed E-state index contributed by atoms with van der Waals surface area (Å²) in [7, 11) is 1.82. The second-order valence-electron chi connectivity index (χ2n) is 4.89. The van der Waals surface area contributed by atoms with E-state index in [1.54, 1.807) is 0 Å². The lowest BCUT2D eigenvalue weighted by Gasteiger charge is -2.42. The highest BCUT2D eigenvalue weighted by Gasteiger charge is 2.49. The van der Waals surface area contributed by atoms with E-state index in [0.29, 0.717) is 5.41 Å². The number of nitrogens with zero attached hydrogens (tertiary/aromatic N) is 1. The Hall–Kier alpha value is -0.120. The Bertz CT molecular complexity index is 192. The summed E-state index contributed by atoms with van der Waals surface area (Å²) >= 11 is 0. The Morgan fingerprint density at radius 2 is 2.29 bits per heavy atom. The number of rotatable bonds is 4. The maximum Gasteiger partial charge on any atom is 0.0508 e. The molecule has 0 amide bonds. The highest BCUT2D eigenvalue weighted by Crippen LogP contribution is 2.51. The maximum atomic E-state index is 5.60. The van der Waals surface area contributed by atoms with Gasteiger partial charge in [0.1, 0.15) is 0 Å². The monoisotopic (exact) mass is 198 g/mol. The third kappa shape index (κ3) is 1.69. The molecule has 82 valence electrons. The summed E-state index contributed by atoms with van der Waals surface area (Å²) in [6, 6.07) is 0. The van der Waals surface area contributed by atoms with Crippen LogP contribution in [-0.2, 0) is 4.74 Å². The van der Waals surface area contributed by atoms with Crippen LogP contribution in [0.15, 0.2) is 0 Å². The molecule has 1 atom stereocenters. The van der Waals surface area contributed by atoms with Crippen LogP contribution < -0.4 is 5.73 Å². The first-order valence-electron chi connectivity index (χ1n) is 5.72. The zero-order valence-corrected chi connectivity index (χ0v) is 9.17. The molecule has 1 spiro atoms. The van der Waals surface area contributed by atoms with Crippen molar-refractivity contribution in [3.8, 4) is 0 Å². The number of nitrogens with two attached hydrogens (primary N) is 1. The molecule has 3 heteroatoms. The van der Waals surface area contributed by atoms with Gasteiger partial charge < -0.3 is 15.4 Å². The normalized spacial score (nSPS) is 30.9. The van der Waals surface area contributed by atoms with Gasteiger partial charge in [0.2, 0.25) is 0 Å². The molecule has 1 saturated heterocycles. The van der Waals surface area contributed by atoms with Gasteiger partial charge in [0.15, 0.2) is 0 Å². The summed E-state index contributed by atoms with van der Waals surface area (Å²) in [6.45, 7) is 5.24. The maximum absolute atomic E-state index is 5.60. The van der Waals surface area contributed by atoms with Crippen LogP contribution in [0.25, 0.3) is 0 Å². The van der Waals surface area contributed by atoms with Gasteiger partial charge in [-0.3, -0.25) is 0 Å². The highest BCUT2D eigenvalue weighted by molar-refractivity contribution is 5.01. The van der Waals surface area contributed by atoms with E-state index in [2.05, 4.69) is 4.90 Å². The van der Waals surface area contributed by atoms with Crippen molar-refractivity contribution in [1.29, 1.82) is 0 Å². The lowest BCUT2D eigenvalue weighted by atomic mass is 9.63. The molecule has 0 radical (unpaired) electrons. The smallest absolute Gasteiger partial charge is 0.0508 e. The van der Waals surface area contributed by atoms with Crippen LogP contribution in [0.4, 0.5) is 0 Å². The molecule has 1 aliphatic carbocycles. The molecule has 1 unspecified atom stereocenters. The lowest BCUT2D eigenvalue weighted by molar-refractivity contribution is 0.0368. The van der Waals surface area contributed by atoms with Gasteiger partial charge in [-0.1, -0.05) is 6.42 Å². The Balaban J connectivity index is 1.94. The SMILES string of the molecule is COCC1CN(CCN)CC12CCC2. The number of hydrogen-bond acceptors (Lipinski definition) is 3. The predicted molar refractivity (Wildman–Crippen MR) is 57.1 cm³/mol. The van der Waals surface area contributed by atoms with Crippen LogP contribution in [0.3, 0.4) is 0 Å². The van der Waals surface area contributed by atoms with Crippen LogP contribution in [0.1, 0.15) is 19.3 Å². The highest BCUT2D eigenvalue weighted by atomic mass is 16.5. The van der Waals surface area contributed by atoms with E-state index in [1.807, 2.05) is 7.11 Å². The zero-order valence-electron chi connectivity index (χ0n) is 9.17. The van der Waals surface area contributed by atoms with E-state index in [-0.39, 0.29) is 0 Å². The van der Waals surface area contributed by atoms with E-state index >= 15 is 0 Å². The van der Waals surface area contributed by atoms with E-state index in [1.165, 1.54) is 32.4 Å². The minimum absolute atomic E-state index is 0.602. The van der Waals surface area contributed by atoms with Gasteiger partial charge in [-0.15, -0.1) is 0 Å². The molecule has 0 bridgehead atoms. The topological polar surface area (TPSA) is 38.5 Å². The average Bonchev–Trinajstić information content (AvgIpc) is 2.45. The van der Waals surface area contributed by atoms with Crippen LogP contribution in [-0.4, -0.2) is 44.8 Å².